The number of hydrogen-bond donors (Lipinski definition) is 0. The lowest BCUT2D eigenvalue weighted by molar-refractivity contribution is -0.116. The Hall–Kier alpha value is -0.530. The lowest BCUT2D eigenvalue weighted by atomic mass is 10.1. The molecule has 1 aromatic rings. The highest BCUT2D eigenvalue weighted by molar-refractivity contribution is 6.30. The normalized spacial score (nSPS) is 12.5. The molecule has 70 valence electrons. The van der Waals surface area contributed by atoms with Gasteiger partial charge in [0.05, 0.1) is 0 Å². The molecule has 0 aliphatic carbocycles. The fourth-order valence-electron chi connectivity index (χ4n) is 1.07. The molecule has 1 aromatic carbocycles. The first-order valence-electron chi connectivity index (χ1n) is 3.94. The highest BCUT2D eigenvalue weighted by Crippen LogP contribution is 2.22. The van der Waals surface area contributed by atoms with Crippen LogP contribution in [0.15, 0.2) is 24.3 Å². The SMILES string of the molecule is CC(=O)C(Cl)c1cccc(CCl)c1. The quantitative estimate of drug-likeness (QED) is 0.710. The van der Waals surface area contributed by atoms with E-state index < -0.39 is 5.38 Å². The largest absolute Gasteiger partial charge is 0.298 e. The second-order valence-corrected chi connectivity index (χ2v) is 3.56. The molecule has 0 radical (unpaired) electrons. The molecule has 0 saturated carbocycles. The molecule has 0 heterocycles. The van der Waals surface area contributed by atoms with Gasteiger partial charge in [0.15, 0.2) is 5.78 Å². The van der Waals surface area contributed by atoms with E-state index in [1.165, 1.54) is 6.92 Å². The minimum absolute atomic E-state index is 0.0478. The van der Waals surface area contributed by atoms with Gasteiger partial charge in [0.2, 0.25) is 0 Å². The highest BCUT2D eigenvalue weighted by Gasteiger charge is 2.12. The summed E-state index contributed by atoms with van der Waals surface area (Å²) in [5.74, 6) is 0.392. The smallest absolute Gasteiger partial charge is 0.152 e. The number of benzene rings is 1. The number of carbonyl (C=O) groups is 1. The van der Waals surface area contributed by atoms with Crippen LogP contribution in [0.4, 0.5) is 0 Å². The first kappa shape index (κ1) is 10.6. The van der Waals surface area contributed by atoms with Crippen molar-refractivity contribution in [1.29, 1.82) is 0 Å². The number of hydrogen-bond acceptors (Lipinski definition) is 1. The second-order valence-electron chi connectivity index (χ2n) is 2.85. The highest BCUT2D eigenvalue weighted by atomic mass is 35.5. The van der Waals surface area contributed by atoms with E-state index in [2.05, 4.69) is 0 Å². The molecule has 0 bridgehead atoms. The zero-order valence-corrected chi connectivity index (χ0v) is 8.77. The topological polar surface area (TPSA) is 17.1 Å². The van der Waals surface area contributed by atoms with Crippen molar-refractivity contribution >= 4 is 29.0 Å². The summed E-state index contributed by atoms with van der Waals surface area (Å²) in [5.41, 5.74) is 1.79. The minimum atomic E-state index is -0.553. The molecule has 1 atom stereocenters. The van der Waals surface area contributed by atoms with Gasteiger partial charge in [-0.15, -0.1) is 23.2 Å². The van der Waals surface area contributed by atoms with Crippen LogP contribution in [0.25, 0.3) is 0 Å². The summed E-state index contributed by atoms with van der Waals surface area (Å²) in [4.78, 5) is 11.0. The van der Waals surface area contributed by atoms with Crippen LogP contribution in [0.1, 0.15) is 23.4 Å². The predicted octanol–water partition coefficient (Wildman–Crippen LogP) is 3.29. The van der Waals surface area contributed by atoms with E-state index in [-0.39, 0.29) is 5.78 Å². The van der Waals surface area contributed by atoms with Crippen LogP contribution in [0.2, 0.25) is 0 Å². The van der Waals surface area contributed by atoms with Gasteiger partial charge in [-0.1, -0.05) is 24.3 Å². The van der Waals surface area contributed by atoms with Gasteiger partial charge in [-0.3, -0.25) is 4.79 Å². The van der Waals surface area contributed by atoms with Crippen LogP contribution in [0.5, 0.6) is 0 Å². The summed E-state index contributed by atoms with van der Waals surface area (Å²) in [6.07, 6.45) is 0. The van der Waals surface area contributed by atoms with Crippen molar-refractivity contribution in [2.75, 3.05) is 0 Å². The number of Topliss-reactive ketones (excluding diaryl/α,β-unsaturated/α-hetero) is 1. The number of halogens is 2. The van der Waals surface area contributed by atoms with Gasteiger partial charge in [0.25, 0.3) is 0 Å². The van der Waals surface area contributed by atoms with Gasteiger partial charge >= 0.3 is 0 Å². The molecule has 0 saturated heterocycles. The third-order valence-electron chi connectivity index (χ3n) is 1.75. The average Bonchev–Trinajstić information content (AvgIpc) is 2.16. The van der Waals surface area contributed by atoms with Crippen LogP contribution in [0, 0.1) is 0 Å². The molecule has 0 aliphatic heterocycles. The summed E-state index contributed by atoms with van der Waals surface area (Å²) >= 11 is 11.5. The molecule has 1 rings (SSSR count). The van der Waals surface area contributed by atoms with E-state index in [1.807, 2.05) is 24.3 Å². The molecule has 0 amide bonds. The molecule has 1 nitrogen and oxygen atoms in total. The number of ketones is 1. The summed E-state index contributed by atoms with van der Waals surface area (Å²) in [6.45, 7) is 1.48. The molecule has 13 heavy (non-hydrogen) atoms. The zero-order valence-electron chi connectivity index (χ0n) is 7.26. The van der Waals surface area contributed by atoms with Gasteiger partial charge in [0, 0.05) is 5.88 Å². The molecule has 0 fully saturated rings. The van der Waals surface area contributed by atoms with Crippen molar-refractivity contribution in [3.8, 4) is 0 Å². The van der Waals surface area contributed by atoms with Gasteiger partial charge in [-0.25, -0.2) is 0 Å². The Kier molecular flexibility index (Phi) is 3.76. The van der Waals surface area contributed by atoms with Gasteiger partial charge in [0.1, 0.15) is 5.38 Å². The zero-order chi connectivity index (χ0) is 9.84. The van der Waals surface area contributed by atoms with Crippen LogP contribution >= 0.6 is 23.2 Å². The average molecular weight is 217 g/mol. The van der Waals surface area contributed by atoms with Crippen molar-refractivity contribution in [2.24, 2.45) is 0 Å². The lowest BCUT2D eigenvalue weighted by Gasteiger charge is -2.06. The standard InChI is InChI=1S/C10H10Cl2O/c1-7(13)10(12)9-4-2-3-8(5-9)6-11/h2-5,10H,6H2,1H3. The third kappa shape index (κ3) is 2.71. The Morgan fingerprint density at radius 1 is 1.54 bits per heavy atom. The van der Waals surface area contributed by atoms with E-state index in [1.54, 1.807) is 0 Å². The molecule has 1 unspecified atom stereocenters. The Labute approximate surface area is 87.7 Å². The van der Waals surface area contributed by atoms with Crippen LogP contribution < -0.4 is 0 Å². The maximum atomic E-state index is 11.0. The molecule has 0 aromatic heterocycles. The van der Waals surface area contributed by atoms with Crippen molar-refractivity contribution in [2.45, 2.75) is 18.2 Å². The van der Waals surface area contributed by atoms with E-state index >= 15 is 0 Å². The minimum Gasteiger partial charge on any atom is -0.298 e. The molecular formula is C10H10Cl2O. The Bertz CT molecular complexity index is 310. The van der Waals surface area contributed by atoms with Crippen molar-refractivity contribution < 1.29 is 4.79 Å². The van der Waals surface area contributed by atoms with E-state index in [9.17, 15) is 4.79 Å². The van der Waals surface area contributed by atoms with Gasteiger partial charge in [-0.2, -0.15) is 0 Å². The number of alkyl halides is 2. The summed E-state index contributed by atoms with van der Waals surface area (Å²) < 4.78 is 0. The van der Waals surface area contributed by atoms with Crippen LogP contribution in [0.3, 0.4) is 0 Å². The first-order chi connectivity index (χ1) is 6.15. The van der Waals surface area contributed by atoms with E-state index in [0.29, 0.717) is 5.88 Å². The number of carbonyl (C=O) groups excluding carboxylic acids is 1. The number of rotatable bonds is 3. The molecule has 0 aliphatic rings. The Morgan fingerprint density at radius 3 is 2.77 bits per heavy atom. The maximum Gasteiger partial charge on any atom is 0.152 e. The first-order valence-corrected chi connectivity index (χ1v) is 4.91. The van der Waals surface area contributed by atoms with Crippen LogP contribution in [-0.4, -0.2) is 5.78 Å². The lowest BCUT2D eigenvalue weighted by Crippen LogP contribution is -2.01. The Morgan fingerprint density at radius 2 is 2.23 bits per heavy atom. The van der Waals surface area contributed by atoms with Gasteiger partial charge in [-0.05, 0) is 18.1 Å². The second kappa shape index (κ2) is 4.64. The molecule has 0 N–H and O–H groups in total. The summed E-state index contributed by atoms with van der Waals surface area (Å²) in [5, 5.41) is -0.553. The summed E-state index contributed by atoms with van der Waals surface area (Å²) in [7, 11) is 0. The van der Waals surface area contributed by atoms with E-state index in [4.69, 9.17) is 23.2 Å². The fourth-order valence-corrected chi connectivity index (χ4v) is 1.37. The van der Waals surface area contributed by atoms with Crippen molar-refractivity contribution in [1.82, 2.24) is 0 Å². The maximum absolute atomic E-state index is 11.0. The monoisotopic (exact) mass is 216 g/mol. The predicted molar refractivity (Wildman–Crippen MR) is 55.3 cm³/mol. The summed E-state index contributed by atoms with van der Waals surface area (Å²) in [6, 6.07) is 7.44. The molecule has 3 heteroatoms. The van der Waals surface area contributed by atoms with E-state index in [0.717, 1.165) is 11.1 Å². The molecular weight excluding hydrogens is 207 g/mol. The third-order valence-corrected chi connectivity index (χ3v) is 2.62. The van der Waals surface area contributed by atoms with Crippen molar-refractivity contribution in [3.05, 3.63) is 35.4 Å². The Balaban J connectivity index is 2.94. The van der Waals surface area contributed by atoms with Crippen LogP contribution in [-0.2, 0) is 10.7 Å². The fraction of sp³-hybridized carbons (Fsp3) is 0.300. The molecule has 0 spiro atoms. The van der Waals surface area contributed by atoms with Crippen molar-refractivity contribution in [3.63, 3.8) is 0 Å². The van der Waals surface area contributed by atoms with Gasteiger partial charge < -0.3 is 0 Å².